The van der Waals surface area contributed by atoms with Gasteiger partial charge in [-0.05, 0) is 23.3 Å². The van der Waals surface area contributed by atoms with Gasteiger partial charge in [0.15, 0.2) is 5.43 Å². The number of aromatic hydroxyl groups is 1. The Morgan fingerprint density at radius 3 is 2.14 bits per heavy atom. The number of nitrogens with zero attached hydrogens (tertiary/aromatic N) is 2. The van der Waals surface area contributed by atoms with E-state index in [1.807, 2.05) is 35.7 Å². The van der Waals surface area contributed by atoms with Gasteiger partial charge in [-0.25, -0.2) is 9.97 Å². The summed E-state index contributed by atoms with van der Waals surface area (Å²) in [5.74, 6) is -0.0284. The number of rotatable bonds is 3. The van der Waals surface area contributed by atoms with E-state index in [0.29, 0.717) is 10.9 Å². The van der Waals surface area contributed by atoms with Gasteiger partial charge in [-0.15, -0.1) is 11.3 Å². The third-order valence-electron chi connectivity index (χ3n) is 4.67. The highest BCUT2D eigenvalue weighted by molar-refractivity contribution is 7.17. The first kappa shape index (κ1) is 16.5. The number of fused-ring (bicyclic) bond motifs is 1. The van der Waals surface area contributed by atoms with E-state index in [2.05, 4.69) is 19.9 Å². The Balaban J connectivity index is 1.61. The average Bonchev–Trinajstić information content (AvgIpc) is 3.42. The summed E-state index contributed by atoms with van der Waals surface area (Å²) < 4.78 is 0.729. The van der Waals surface area contributed by atoms with Crippen LogP contribution in [0.25, 0.3) is 43.7 Å². The van der Waals surface area contributed by atoms with E-state index in [-0.39, 0.29) is 11.2 Å². The summed E-state index contributed by atoms with van der Waals surface area (Å²) in [6, 6.07) is 11.2. The maximum atomic E-state index is 13.1. The van der Waals surface area contributed by atoms with E-state index in [4.69, 9.17) is 0 Å². The van der Waals surface area contributed by atoms with Gasteiger partial charge in [0.1, 0.15) is 5.75 Å². The third-order valence-corrected chi connectivity index (χ3v) is 5.60. The van der Waals surface area contributed by atoms with Crippen molar-refractivity contribution in [2.45, 2.75) is 0 Å². The van der Waals surface area contributed by atoms with Crippen molar-refractivity contribution in [3.63, 3.8) is 0 Å². The molecule has 3 N–H and O–H groups in total. The first-order chi connectivity index (χ1) is 13.7. The number of phenols is 1. The molecule has 5 aromatic rings. The van der Waals surface area contributed by atoms with Crippen LogP contribution in [0.15, 0.2) is 71.6 Å². The van der Waals surface area contributed by atoms with Gasteiger partial charge < -0.3 is 15.1 Å². The van der Waals surface area contributed by atoms with Gasteiger partial charge in [-0.2, -0.15) is 0 Å². The van der Waals surface area contributed by atoms with Crippen LogP contribution in [0.4, 0.5) is 0 Å². The van der Waals surface area contributed by atoms with Gasteiger partial charge in [0.25, 0.3) is 0 Å². The molecule has 0 atom stereocenters. The number of nitrogens with one attached hydrogen (secondary N) is 2. The second-order valence-electron chi connectivity index (χ2n) is 6.35. The van der Waals surface area contributed by atoms with Crippen molar-refractivity contribution < 1.29 is 5.11 Å². The fourth-order valence-electron chi connectivity index (χ4n) is 3.24. The number of aromatic amines is 2. The number of benzene rings is 2. The number of hydrogen-bond acceptors (Lipinski definition) is 5. The molecule has 0 aliphatic rings. The van der Waals surface area contributed by atoms with E-state index in [9.17, 15) is 9.90 Å². The molecule has 7 heteroatoms. The summed E-state index contributed by atoms with van der Waals surface area (Å²) in [5, 5.41) is 12.7. The molecular weight excluding hydrogens is 372 g/mol. The number of phenolic OH excluding ortho intramolecular Hbond substituents is 1. The molecule has 0 aliphatic heterocycles. The number of imidazole rings is 2. The molecule has 6 nitrogen and oxygen atoms in total. The van der Waals surface area contributed by atoms with Crippen molar-refractivity contribution >= 4 is 21.4 Å². The van der Waals surface area contributed by atoms with E-state index >= 15 is 0 Å². The minimum Gasteiger partial charge on any atom is -0.507 e. The van der Waals surface area contributed by atoms with Crippen LogP contribution in [0.1, 0.15) is 0 Å². The van der Waals surface area contributed by atoms with Crippen molar-refractivity contribution in [1.82, 2.24) is 19.9 Å². The fraction of sp³-hybridized carbons (Fsp3) is 0. The second kappa shape index (κ2) is 6.47. The first-order valence-corrected chi connectivity index (χ1v) is 9.45. The van der Waals surface area contributed by atoms with Crippen molar-refractivity contribution in [2.24, 2.45) is 0 Å². The van der Waals surface area contributed by atoms with Crippen LogP contribution in [-0.2, 0) is 0 Å². The molecule has 0 saturated heterocycles. The lowest BCUT2D eigenvalue weighted by molar-refractivity contribution is 0.481. The molecule has 28 heavy (non-hydrogen) atoms. The molecule has 2 aromatic carbocycles. The summed E-state index contributed by atoms with van der Waals surface area (Å²) >= 11 is 1.43. The lowest BCUT2D eigenvalue weighted by atomic mass is 10.0. The SMILES string of the molecule is O=c1c(-c2ccc(-c3cnc[nH]3)cc2)csc2cc(-c3cnc[nH]3)cc(O)c12. The van der Waals surface area contributed by atoms with Gasteiger partial charge in [-0.1, -0.05) is 24.3 Å². The van der Waals surface area contributed by atoms with Gasteiger partial charge in [-0.3, -0.25) is 4.79 Å². The van der Waals surface area contributed by atoms with Crippen LogP contribution in [0, 0.1) is 0 Å². The predicted octanol–water partition coefficient (Wildman–Crippen LogP) is 4.41. The summed E-state index contributed by atoms with van der Waals surface area (Å²) in [6.07, 6.45) is 6.64. The van der Waals surface area contributed by atoms with Crippen molar-refractivity contribution in [1.29, 1.82) is 0 Å². The van der Waals surface area contributed by atoms with Crippen LogP contribution in [0.2, 0.25) is 0 Å². The Hall–Kier alpha value is -3.71. The van der Waals surface area contributed by atoms with Gasteiger partial charge in [0, 0.05) is 21.2 Å². The van der Waals surface area contributed by atoms with Gasteiger partial charge >= 0.3 is 0 Å². The Bertz CT molecular complexity index is 1320. The lowest BCUT2D eigenvalue weighted by Gasteiger charge is -2.07. The Morgan fingerprint density at radius 2 is 1.50 bits per heavy atom. The number of H-pyrrole nitrogens is 2. The zero-order valence-corrected chi connectivity index (χ0v) is 15.3. The lowest BCUT2D eigenvalue weighted by Crippen LogP contribution is -2.04. The molecule has 0 fully saturated rings. The molecule has 3 aromatic heterocycles. The molecule has 0 radical (unpaired) electrons. The van der Waals surface area contributed by atoms with Crippen LogP contribution in [0.5, 0.6) is 5.75 Å². The van der Waals surface area contributed by atoms with Crippen LogP contribution in [0.3, 0.4) is 0 Å². The maximum Gasteiger partial charge on any atom is 0.199 e. The molecule has 0 amide bonds. The number of aromatic nitrogens is 4. The maximum absolute atomic E-state index is 13.1. The standard InChI is InChI=1S/C21H14N4O2S/c26-18-5-14(17-8-23-11-25-17)6-19-20(18)21(27)15(9-28-19)12-1-3-13(4-2-12)16-7-22-10-24-16/h1-11,26H,(H,22,24)(H,23,25). The zero-order chi connectivity index (χ0) is 19.1. The van der Waals surface area contributed by atoms with Gasteiger partial charge in [0.2, 0.25) is 0 Å². The molecule has 0 spiro atoms. The zero-order valence-electron chi connectivity index (χ0n) is 14.5. The molecule has 3 heterocycles. The fourth-order valence-corrected chi connectivity index (χ4v) is 4.24. The molecular formula is C21H14N4O2S. The van der Waals surface area contributed by atoms with Crippen LogP contribution < -0.4 is 5.43 Å². The van der Waals surface area contributed by atoms with E-state index in [0.717, 1.165) is 32.8 Å². The monoisotopic (exact) mass is 386 g/mol. The molecule has 5 rings (SSSR count). The van der Waals surface area contributed by atoms with Crippen molar-refractivity contribution in [3.05, 3.63) is 77.0 Å². The Morgan fingerprint density at radius 1 is 0.857 bits per heavy atom. The molecule has 136 valence electrons. The largest absolute Gasteiger partial charge is 0.507 e. The quantitative estimate of drug-likeness (QED) is 0.428. The Kier molecular flexibility index (Phi) is 3.80. The molecule has 0 saturated carbocycles. The van der Waals surface area contributed by atoms with Crippen molar-refractivity contribution in [3.8, 4) is 39.4 Å². The highest BCUT2D eigenvalue weighted by Crippen LogP contribution is 2.33. The number of hydrogen-bond donors (Lipinski definition) is 3. The van der Waals surface area contributed by atoms with Crippen LogP contribution in [-0.4, -0.2) is 25.0 Å². The summed E-state index contributed by atoms with van der Waals surface area (Å²) in [7, 11) is 0. The molecule has 0 aliphatic carbocycles. The van der Waals surface area contributed by atoms with Crippen LogP contribution >= 0.6 is 11.3 Å². The second-order valence-corrected chi connectivity index (χ2v) is 7.27. The average molecular weight is 386 g/mol. The topological polar surface area (TPSA) is 94.7 Å². The predicted molar refractivity (Wildman–Crippen MR) is 110 cm³/mol. The third kappa shape index (κ3) is 2.69. The highest BCUT2D eigenvalue weighted by atomic mass is 32.1. The molecule has 0 bridgehead atoms. The minimum absolute atomic E-state index is 0.0284. The normalized spacial score (nSPS) is 11.1. The summed E-state index contributed by atoms with van der Waals surface area (Å²) in [4.78, 5) is 27.2. The first-order valence-electron chi connectivity index (χ1n) is 8.57. The summed E-state index contributed by atoms with van der Waals surface area (Å²) in [6.45, 7) is 0. The van der Waals surface area contributed by atoms with E-state index in [1.54, 1.807) is 31.1 Å². The summed E-state index contributed by atoms with van der Waals surface area (Å²) in [5.41, 5.74) is 4.67. The van der Waals surface area contributed by atoms with E-state index < -0.39 is 0 Å². The molecule has 0 unspecified atom stereocenters. The Labute approximate surface area is 163 Å². The highest BCUT2D eigenvalue weighted by Gasteiger charge is 2.14. The van der Waals surface area contributed by atoms with Crippen molar-refractivity contribution in [2.75, 3.05) is 0 Å². The van der Waals surface area contributed by atoms with Gasteiger partial charge in [0.05, 0.1) is 41.8 Å². The minimum atomic E-state index is -0.184. The smallest absolute Gasteiger partial charge is 0.199 e. The van der Waals surface area contributed by atoms with E-state index in [1.165, 1.54) is 11.3 Å².